The van der Waals surface area contributed by atoms with E-state index in [1.54, 1.807) is 0 Å². The van der Waals surface area contributed by atoms with Crippen LogP contribution in [0.4, 0.5) is 0 Å². The fourth-order valence-corrected chi connectivity index (χ4v) is 1.82. The van der Waals surface area contributed by atoms with Gasteiger partial charge >= 0.3 is 5.97 Å². The molecule has 0 heterocycles. The Morgan fingerprint density at radius 3 is 2.25 bits per heavy atom. The first kappa shape index (κ1) is 14.9. The van der Waals surface area contributed by atoms with Gasteiger partial charge in [0.05, 0.1) is 6.42 Å². The van der Waals surface area contributed by atoms with Crippen molar-refractivity contribution in [3.05, 3.63) is 0 Å². The first-order valence-electron chi connectivity index (χ1n) is 5.71. The third kappa shape index (κ3) is 8.26. The molecule has 0 spiro atoms. The third-order valence-electron chi connectivity index (χ3n) is 2.29. The van der Waals surface area contributed by atoms with Gasteiger partial charge in [0.2, 0.25) is 5.91 Å². The van der Waals surface area contributed by atoms with E-state index in [2.05, 4.69) is 33.0 Å². The first-order chi connectivity index (χ1) is 7.23. The highest BCUT2D eigenvalue weighted by Crippen LogP contribution is 2.23. The monoisotopic (exact) mass is 229 g/mol. The lowest BCUT2D eigenvalue weighted by Gasteiger charge is -2.26. The van der Waals surface area contributed by atoms with Crippen molar-refractivity contribution in [2.24, 2.45) is 11.3 Å². The van der Waals surface area contributed by atoms with Gasteiger partial charge in [-0.05, 0) is 17.8 Å². The van der Waals surface area contributed by atoms with Crippen molar-refractivity contribution in [3.8, 4) is 0 Å². The predicted octanol–water partition coefficient (Wildman–Crippen LogP) is 2.04. The van der Waals surface area contributed by atoms with E-state index in [1.165, 1.54) is 0 Å². The smallest absolute Gasteiger partial charge is 0.303 e. The number of rotatable bonds is 7. The third-order valence-corrected chi connectivity index (χ3v) is 2.29. The summed E-state index contributed by atoms with van der Waals surface area (Å²) in [7, 11) is 0. The molecule has 4 heteroatoms. The maximum absolute atomic E-state index is 11.3. The molecule has 0 bridgehead atoms. The summed E-state index contributed by atoms with van der Waals surface area (Å²) in [5, 5.41) is 11.2. The molecule has 0 saturated carbocycles. The van der Waals surface area contributed by atoms with E-state index in [0.717, 1.165) is 6.42 Å². The minimum Gasteiger partial charge on any atom is -0.481 e. The van der Waals surface area contributed by atoms with Gasteiger partial charge in [0.1, 0.15) is 0 Å². The molecule has 0 radical (unpaired) electrons. The fraction of sp³-hybridized carbons (Fsp3) is 0.833. The topological polar surface area (TPSA) is 66.4 Å². The van der Waals surface area contributed by atoms with Crippen LogP contribution in [-0.4, -0.2) is 23.5 Å². The van der Waals surface area contributed by atoms with Gasteiger partial charge < -0.3 is 10.4 Å². The van der Waals surface area contributed by atoms with Crippen LogP contribution in [0.2, 0.25) is 0 Å². The molecule has 0 aromatic rings. The van der Waals surface area contributed by atoms with E-state index in [-0.39, 0.29) is 24.2 Å². The minimum absolute atomic E-state index is 0.0625. The zero-order valence-electron chi connectivity index (χ0n) is 10.7. The van der Waals surface area contributed by atoms with Gasteiger partial charge in [-0.3, -0.25) is 9.59 Å². The number of hydrogen-bond acceptors (Lipinski definition) is 2. The zero-order valence-corrected chi connectivity index (χ0v) is 10.7. The Labute approximate surface area is 97.4 Å². The van der Waals surface area contributed by atoms with Crippen LogP contribution in [0.5, 0.6) is 0 Å². The largest absolute Gasteiger partial charge is 0.481 e. The Morgan fingerprint density at radius 1 is 1.25 bits per heavy atom. The summed E-state index contributed by atoms with van der Waals surface area (Å²) in [6.07, 6.45) is 0.996. The van der Waals surface area contributed by atoms with Crippen molar-refractivity contribution < 1.29 is 14.7 Å². The summed E-state index contributed by atoms with van der Waals surface area (Å²) in [5.74, 6) is -0.526. The average molecular weight is 229 g/mol. The molecule has 0 aliphatic heterocycles. The van der Waals surface area contributed by atoms with Crippen LogP contribution in [-0.2, 0) is 9.59 Å². The molecular formula is C12H23NO3. The van der Waals surface area contributed by atoms with E-state index in [9.17, 15) is 9.59 Å². The number of carboxylic acid groups (broad SMARTS) is 1. The molecule has 0 unspecified atom stereocenters. The van der Waals surface area contributed by atoms with Crippen LogP contribution in [0.25, 0.3) is 0 Å². The number of amides is 1. The minimum atomic E-state index is -0.934. The molecule has 0 aliphatic carbocycles. The molecule has 0 saturated heterocycles. The maximum Gasteiger partial charge on any atom is 0.303 e. The zero-order chi connectivity index (χ0) is 12.8. The highest BCUT2D eigenvalue weighted by atomic mass is 16.4. The molecule has 0 fully saturated rings. The van der Waals surface area contributed by atoms with Crippen molar-refractivity contribution in [2.45, 2.75) is 47.0 Å². The predicted molar refractivity (Wildman–Crippen MR) is 63.1 cm³/mol. The van der Waals surface area contributed by atoms with Gasteiger partial charge in [0.15, 0.2) is 0 Å². The Morgan fingerprint density at radius 2 is 1.81 bits per heavy atom. The maximum atomic E-state index is 11.3. The Kier molecular flexibility index (Phi) is 6.08. The van der Waals surface area contributed by atoms with Crippen LogP contribution >= 0.6 is 0 Å². The SMILES string of the molecule is CC(C)CC(C)(C)CNC(=O)CCC(=O)O. The molecular weight excluding hydrogens is 206 g/mol. The van der Waals surface area contributed by atoms with Crippen molar-refractivity contribution in [1.82, 2.24) is 5.32 Å². The van der Waals surface area contributed by atoms with Crippen molar-refractivity contribution in [3.63, 3.8) is 0 Å². The van der Waals surface area contributed by atoms with Gasteiger partial charge in [-0.15, -0.1) is 0 Å². The quantitative estimate of drug-likeness (QED) is 0.702. The highest BCUT2D eigenvalue weighted by Gasteiger charge is 2.20. The number of nitrogens with one attached hydrogen (secondary N) is 1. The van der Waals surface area contributed by atoms with E-state index < -0.39 is 5.97 Å². The molecule has 0 aliphatic rings. The van der Waals surface area contributed by atoms with Crippen LogP contribution < -0.4 is 5.32 Å². The standard InChI is InChI=1S/C12H23NO3/c1-9(2)7-12(3,4)8-13-10(14)5-6-11(15)16/h9H,5-8H2,1-4H3,(H,13,14)(H,15,16). The lowest BCUT2D eigenvalue weighted by atomic mass is 9.84. The molecule has 0 aromatic carbocycles. The summed E-state index contributed by atoms with van der Waals surface area (Å²) in [4.78, 5) is 21.6. The summed E-state index contributed by atoms with van der Waals surface area (Å²) < 4.78 is 0. The van der Waals surface area contributed by atoms with Crippen LogP contribution in [0.15, 0.2) is 0 Å². The summed E-state index contributed by atoms with van der Waals surface area (Å²) in [6, 6.07) is 0. The number of carbonyl (C=O) groups excluding carboxylic acids is 1. The summed E-state index contributed by atoms with van der Waals surface area (Å²) in [5.41, 5.74) is 0.0625. The molecule has 2 N–H and O–H groups in total. The normalized spacial score (nSPS) is 11.6. The fourth-order valence-electron chi connectivity index (χ4n) is 1.82. The molecule has 16 heavy (non-hydrogen) atoms. The van der Waals surface area contributed by atoms with Crippen molar-refractivity contribution in [1.29, 1.82) is 0 Å². The van der Waals surface area contributed by atoms with Gasteiger partial charge in [0.25, 0.3) is 0 Å². The van der Waals surface area contributed by atoms with Crippen molar-refractivity contribution in [2.75, 3.05) is 6.54 Å². The number of hydrogen-bond donors (Lipinski definition) is 2. The van der Waals surface area contributed by atoms with Crippen molar-refractivity contribution >= 4 is 11.9 Å². The first-order valence-corrected chi connectivity index (χ1v) is 5.71. The number of carboxylic acids is 1. The second-order valence-corrected chi connectivity index (χ2v) is 5.43. The second kappa shape index (κ2) is 6.51. The van der Waals surface area contributed by atoms with Gasteiger partial charge in [-0.1, -0.05) is 27.7 Å². The Hall–Kier alpha value is -1.06. The summed E-state index contributed by atoms with van der Waals surface area (Å²) >= 11 is 0. The Bertz CT molecular complexity index is 247. The highest BCUT2D eigenvalue weighted by molar-refractivity contribution is 5.80. The van der Waals surface area contributed by atoms with E-state index in [1.807, 2.05) is 0 Å². The van der Waals surface area contributed by atoms with Crippen LogP contribution in [0.3, 0.4) is 0 Å². The van der Waals surface area contributed by atoms with Crippen LogP contribution in [0.1, 0.15) is 47.0 Å². The van der Waals surface area contributed by atoms with E-state index in [4.69, 9.17) is 5.11 Å². The van der Waals surface area contributed by atoms with Gasteiger partial charge in [-0.25, -0.2) is 0 Å². The molecule has 4 nitrogen and oxygen atoms in total. The molecule has 0 rings (SSSR count). The average Bonchev–Trinajstić information content (AvgIpc) is 2.09. The van der Waals surface area contributed by atoms with E-state index in [0.29, 0.717) is 12.5 Å². The number of aliphatic carboxylic acids is 1. The molecule has 0 aromatic heterocycles. The lowest BCUT2D eigenvalue weighted by molar-refractivity contribution is -0.138. The molecule has 0 atom stereocenters. The summed E-state index contributed by atoms with van der Waals surface area (Å²) in [6.45, 7) is 9.10. The second-order valence-electron chi connectivity index (χ2n) is 5.43. The lowest BCUT2D eigenvalue weighted by Crippen LogP contribution is -2.34. The Balaban J connectivity index is 3.85. The van der Waals surface area contributed by atoms with Crippen LogP contribution in [0, 0.1) is 11.3 Å². The van der Waals surface area contributed by atoms with Gasteiger partial charge in [-0.2, -0.15) is 0 Å². The van der Waals surface area contributed by atoms with Gasteiger partial charge in [0, 0.05) is 13.0 Å². The number of carbonyl (C=O) groups is 2. The molecule has 1 amide bonds. The molecule has 94 valence electrons. The van der Waals surface area contributed by atoms with E-state index >= 15 is 0 Å².